The molecule has 1 aliphatic rings. The Morgan fingerprint density at radius 1 is 1.30 bits per heavy atom. The lowest BCUT2D eigenvalue weighted by Gasteiger charge is -2.35. The Labute approximate surface area is 143 Å². The SMILES string of the molecule is COC(CNC(=O)CC1(CN)CCCCC1)c1ccc(Cl)cc1. The number of carbonyl (C=O) groups is 1. The number of nitrogens with two attached hydrogens (primary N) is 1. The van der Waals surface area contributed by atoms with Gasteiger partial charge in [0, 0.05) is 25.1 Å². The number of carbonyl (C=O) groups excluding carboxylic acids is 1. The second-order valence-corrected chi connectivity index (χ2v) is 6.96. The molecule has 23 heavy (non-hydrogen) atoms. The summed E-state index contributed by atoms with van der Waals surface area (Å²) in [5, 5.41) is 3.69. The lowest BCUT2D eigenvalue weighted by Crippen LogP contribution is -2.39. The van der Waals surface area contributed by atoms with Gasteiger partial charge < -0.3 is 15.8 Å². The molecule has 5 heteroatoms. The first kappa shape index (κ1) is 18.2. The molecule has 2 rings (SSSR count). The van der Waals surface area contributed by atoms with Crippen molar-refractivity contribution in [3.8, 4) is 0 Å². The number of halogens is 1. The van der Waals surface area contributed by atoms with Crippen LogP contribution in [0.3, 0.4) is 0 Å². The first-order chi connectivity index (χ1) is 11.1. The van der Waals surface area contributed by atoms with Gasteiger partial charge in [0.05, 0.1) is 6.10 Å². The van der Waals surface area contributed by atoms with Gasteiger partial charge in [-0.1, -0.05) is 43.0 Å². The Bertz CT molecular complexity index is 498. The maximum atomic E-state index is 12.3. The number of rotatable bonds is 7. The molecule has 1 unspecified atom stereocenters. The Balaban J connectivity index is 1.88. The monoisotopic (exact) mass is 338 g/mol. The van der Waals surface area contributed by atoms with E-state index in [9.17, 15) is 4.79 Å². The molecule has 4 nitrogen and oxygen atoms in total. The van der Waals surface area contributed by atoms with Crippen LogP contribution < -0.4 is 11.1 Å². The lowest BCUT2D eigenvalue weighted by molar-refractivity contribution is -0.124. The highest BCUT2D eigenvalue weighted by Gasteiger charge is 2.33. The van der Waals surface area contributed by atoms with Crippen LogP contribution in [0.2, 0.25) is 5.02 Å². The number of nitrogens with one attached hydrogen (secondary N) is 1. The van der Waals surface area contributed by atoms with E-state index < -0.39 is 0 Å². The maximum absolute atomic E-state index is 12.3. The molecule has 3 N–H and O–H groups in total. The summed E-state index contributed by atoms with van der Waals surface area (Å²) in [4.78, 5) is 12.3. The van der Waals surface area contributed by atoms with Gasteiger partial charge in [0.1, 0.15) is 0 Å². The Morgan fingerprint density at radius 3 is 2.52 bits per heavy atom. The minimum atomic E-state index is -0.170. The van der Waals surface area contributed by atoms with E-state index in [1.54, 1.807) is 7.11 Å². The molecule has 0 radical (unpaired) electrons. The first-order valence-corrected chi connectivity index (χ1v) is 8.71. The minimum Gasteiger partial charge on any atom is -0.375 e. The van der Waals surface area contributed by atoms with Crippen LogP contribution in [0.4, 0.5) is 0 Å². The molecule has 128 valence electrons. The van der Waals surface area contributed by atoms with Crippen molar-refractivity contribution in [1.29, 1.82) is 0 Å². The standard InChI is InChI=1S/C18H27ClN2O2/c1-23-16(14-5-7-15(19)8-6-14)12-21-17(22)11-18(13-20)9-3-2-4-10-18/h5-8,16H,2-4,9-13,20H2,1H3,(H,21,22). The highest BCUT2D eigenvalue weighted by atomic mass is 35.5. The average Bonchev–Trinajstić information content (AvgIpc) is 2.57. The fourth-order valence-corrected chi connectivity index (χ4v) is 3.51. The van der Waals surface area contributed by atoms with E-state index >= 15 is 0 Å². The molecule has 0 aliphatic heterocycles. The van der Waals surface area contributed by atoms with E-state index in [4.69, 9.17) is 22.1 Å². The van der Waals surface area contributed by atoms with Crippen molar-refractivity contribution in [2.45, 2.75) is 44.6 Å². The molecule has 1 atom stereocenters. The van der Waals surface area contributed by atoms with Gasteiger partial charge in [-0.05, 0) is 42.5 Å². The fraction of sp³-hybridized carbons (Fsp3) is 0.611. The molecule has 1 aliphatic carbocycles. The molecule has 0 bridgehead atoms. The summed E-state index contributed by atoms with van der Waals surface area (Å²) in [6.07, 6.45) is 6.07. The smallest absolute Gasteiger partial charge is 0.220 e. The number of amides is 1. The number of hydrogen-bond acceptors (Lipinski definition) is 3. The van der Waals surface area contributed by atoms with Crippen LogP contribution in [0, 0.1) is 5.41 Å². The van der Waals surface area contributed by atoms with Gasteiger partial charge in [-0.25, -0.2) is 0 Å². The molecule has 0 spiro atoms. The predicted octanol–water partition coefficient (Wildman–Crippen LogP) is 3.44. The first-order valence-electron chi connectivity index (χ1n) is 8.33. The Hall–Kier alpha value is -1.10. The van der Waals surface area contributed by atoms with Crippen LogP contribution in [0.15, 0.2) is 24.3 Å². The summed E-state index contributed by atoms with van der Waals surface area (Å²) in [7, 11) is 1.65. The molecule has 1 fully saturated rings. The third kappa shape index (κ3) is 5.20. The van der Waals surface area contributed by atoms with Crippen molar-refractivity contribution in [3.05, 3.63) is 34.9 Å². The van der Waals surface area contributed by atoms with Crippen molar-refractivity contribution in [1.82, 2.24) is 5.32 Å². The van der Waals surface area contributed by atoms with Gasteiger partial charge in [-0.2, -0.15) is 0 Å². The largest absolute Gasteiger partial charge is 0.375 e. The van der Waals surface area contributed by atoms with Crippen molar-refractivity contribution < 1.29 is 9.53 Å². The second kappa shape index (κ2) is 8.67. The number of hydrogen-bond donors (Lipinski definition) is 2. The third-order valence-electron chi connectivity index (χ3n) is 4.89. The molecular formula is C18H27ClN2O2. The number of methoxy groups -OCH3 is 1. The van der Waals surface area contributed by atoms with E-state index in [-0.39, 0.29) is 17.4 Å². The van der Waals surface area contributed by atoms with E-state index in [1.807, 2.05) is 24.3 Å². The molecular weight excluding hydrogens is 312 g/mol. The zero-order chi connectivity index (χ0) is 16.7. The van der Waals surface area contributed by atoms with Crippen LogP contribution in [0.5, 0.6) is 0 Å². The number of benzene rings is 1. The van der Waals surface area contributed by atoms with Crippen molar-refractivity contribution in [2.75, 3.05) is 20.2 Å². The lowest BCUT2D eigenvalue weighted by atomic mass is 9.71. The zero-order valence-corrected chi connectivity index (χ0v) is 14.6. The van der Waals surface area contributed by atoms with Crippen molar-refractivity contribution >= 4 is 17.5 Å². The second-order valence-electron chi connectivity index (χ2n) is 6.52. The highest BCUT2D eigenvalue weighted by molar-refractivity contribution is 6.30. The van der Waals surface area contributed by atoms with Crippen LogP contribution in [0.25, 0.3) is 0 Å². The molecule has 1 amide bonds. The van der Waals surface area contributed by atoms with Gasteiger partial charge in [-0.15, -0.1) is 0 Å². The van der Waals surface area contributed by atoms with Crippen LogP contribution in [-0.4, -0.2) is 26.1 Å². The molecule has 0 saturated heterocycles. The van der Waals surface area contributed by atoms with Crippen LogP contribution in [0.1, 0.15) is 50.2 Å². The molecule has 0 heterocycles. The average molecular weight is 339 g/mol. The fourth-order valence-electron chi connectivity index (χ4n) is 3.38. The van der Waals surface area contributed by atoms with Crippen LogP contribution >= 0.6 is 11.6 Å². The third-order valence-corrected chi connectivity index (χ3v) is 5.15. The maximum Gasteiger partial charge on any atom is 0.220 e. The normalized spacial score (nSPS) is 18.4. The van der Waals surface area contributed by atoms with E-state index in [1.165, 1.54) is 19.3 Å². The summed E-state index contributed by atoms with van der Waals surface area (Å²) in [6, 6.07) is 7.50. The topological polar surface area (TPSA) is 64.3 Å². The highest BCUT2D eigenvalue weighted by Crippen LogP contribution is 2.38. The minimum absolute atomic E-state index is 0.00876. The quantitative estimate of drug-likeness (QED) is 0.800. The summed E-state index contributed by atoms with van der Waals surface area (Å²) in [6.45, 7) is 1.04. The van der Waals surface area contributed by atoms with Crippen LogP contribution in [-0.2, 0) is 9.53 Å². The van der Waals surface area contributed by atoms with Gasteiger partial charge in [0.25, 0.3) is 0 Å². The summed E-state index contributed by atoms with van der Waals surface area (Å²) >= 11 is 5.90. The molecule has 1 aromatic rings. The van der Waals surface area contributed by atoms with Gasteiger partial charge in [0.2, 0.25) is 5.91 Å². The number of ether oxygens (including phenoxy) is 1. The molecule has 0 aromatic heterocycles. The summed E-state index contributed by atoms with van der Waals surface area (Å²) in [5.74, 6) is 0.0633. The molecule has 1 saturated carbocycles. The predicted molar refractivity (Wildman–Crippen MR) is 93.4 cm³/mol. The Kier molecular flexibility index (Phi) is 6.88. The Morgan fingerprint density at radius 2 is 1.96 bits per heavy atom. The van der Waals surface area contributed by atoms with Gasteiger partial charge >= 0.3 is 0 Å². The molecule has 1 aromatic carbocycles. The zero-order valence-electron chi connectivity index (χ0n) is 13.8. The van der Waals surface area contributed by atoms with Crippen molar-refractivity contribution in [3.63, 3.8) is 0 Å². The van der Waals surface area contributed by atoms with Gasteiger partial charge in [0.15, 0.2) is 0 Å². The van der Waals surface area contributed by atoms with E-state index in [2.05, 4.69) is 5.32 Å². The van der Waals surface area contributed by atoms with E-state index in [0.717, 1.165) is 18.4 Å². The van der Waals surface area contributed by atoms with E-state index in [0.29, 0.717) is 24.5 Å². The van der Waals surface area contributed by atoms with Crippen molar-refractivity contribution in [2.24, 2.45) is 11.1 Å². The summed E-state index contributed by atoms with van der Waals surface area (Å²) < 4.78 is 5.49. The van der Waals surface area contributed by atoms with Gasteiger partial charge in [-0.3, -0.25) is 4.79 Å². The summed E-state index contributed by atoms with van der Waals surface area (Å²) in [5.41, 5.74) is 6.95.